The van der Waals surface area contributed by atoms with Crippen LogP contribution >= 0.6 is 0 Å². The summed E-state index contributed by atoms with van der Waals surface area (Å²) in [6.45, 7) is 5.84. The Balaban J connectivity index is 1.79. The second kappa shape index (κ2) is 10.4. The number of aliphatic hydroxyl groups excluding tert-OH is 1. The summed E-state index contributed by atoms with van der Waals surface area (Å²) < 4.78 is 5.28. The van der Waals surface area contributed by atoms with E-state index in [-0.39, 0.29) is 17.3 Å². The zero-order valence-corrected chi connectivity index (χ0v) is 18.0. The number of cyclic esters (lactones) is 1. The van der Waals surface area contributed by atoms with Crippen molar-refractivity contribution in [3.05, 3.63) is 52.6 Å². The molecule has 1 aliphatic rings. The Bertz CT molecular complexity index is 838. The summed E-state index contributed by atoms with van der Waals surface area (Å²) in [4.78, 5) is 22.4. The first kappa shape index (κ1) is 23.7. The molecule has 0 radical (unpaired) electrons. The SMILES string of the molecule is CC(=CCc1cc(C(=O)O)ccc1O)CCC=C(C)CCC(O)C1(C)CCC(=O)O1. The van der Waals surface area contributed by atoms with Gasteiger partial charge in [0.05, 0.1) is 11.7 Å². The fraction of sp³-hybridized carbons (Fsp3) is 0.500. The van der Waals surface area contributed by atoms with Gasteiger partial charge in [0.25, 0.3) is 0 Å². The first-order valence-corrected chi connectivity index (χ1v) is 10.4. The van der Waals surface area contributed by atoms with Crippen molar-refractivity contribution in [2.24, 2.45) is 0 Å². The van der Waals surface area contributed by atoms with Crippen LogP contribution in [0.15, 0.2) is 41.5 Å². The minimum Gasteiger partial charge on any atom is -0.508 e. The van der Waals surface area contributed by atoms with Crippen LogP contribution in [0.25, 0.3) is 0 Å². The molecular weight excluding hydrogens is 384 g/mol. The third-order valence-corrected chi connectivity index (χ3v) is 5.72. The highest BCUT2D eigenvalue weighted by atomic mass is 16.6. The van der Waals surface area contributed by atoms with Gasteiger partial charge >= 0.3 is 11.9 Å². The predicted molar refractivity (Wildman–Crippen MR) is 114 cm³/mol. The van der Waals surface area contributed by atoms with Gasteiger partial charge in [0, 0.05) is 6.42 Å². The lowest BCUT2D eigenvalue weighted by molar-refractivity contribution is -0.156. The molecule has 0 aliphatic carbocycles. The van der Waals surface area contributed by atoms with Crippen molar-refractivity contribution in [2.45, 2.75) is 77.4 Å². The second-order valence-corrected chi connectivity index (χ2v) is 8.33. The molecule has 0 aromatic heterocycles. The van der Waals surface area contributed by atoms with Gasteiger partial charge in [-0.25, -0.2) is 4.79 Å². The Kier molecular flexibility index (Phi) is 8.24. The number of rotatable bonds is 10. The topological polar surface area (TPSA) is 104 Å². The van der Waals surface area contributed by atoms with Gasteiger partial charge in [0.2, 0.25) is 0 Å². The van der Waals surface area contributed by atoms with Gasteiger partial charge in [-0.05, 0) is 83.1 Å². The molecule has 2 unspecified atom stereocenters. The molecule has 6 heteroatoms. The van der Waals surface area contributed by atoms with E-state index >= 15 is 0 Å². The molecule has 1 aromatic carbocycles. The first-order valence-electron chi connectivity index (χ1n) is 10.4. The van der Waals surface area contributed by atoms with E-state index in [0.29, 0.717) is 31.2 Å². The monoisotopic (exact) mass is 416 g/mol. The molecule has 30 heavy (non-hydrogen) atoms. The molecular formula is C24H32O6. The maximum Gasteiger partial charge on any atom is 0.335 e. The maximum absolute atomic E-state index is 11.3. The second-order valence-electron chi connectivity index (χ2n) is 8.33. The lowest BCUT2D eigenvalue weighted by Crippen LogP contribution is -2.39. The van der Waals surface area contributed by atoms with E-state index in [0.717, 1.165) is 24.8 Å². The molecule has 2 rings (SSSR count). The highest BCUT2D eigenvalue weighted by Crippen LogP contribution is 2.32. The van der Waals surface area contributed by atoms with Crippen molar-refractivity contribution in [2.75, 3.05) is 0 Å². The van der Waals surface area contributed by atoms with Crippen LogP contribution in [0.3, 0.4) is 0 Å². The summed E-state index contributed by atoms with van der Waals surface area (Å²) in [5.41, 5.74) is 2.33. The number of hydrogen-bond donors (Lipinski definition) is 3. The standard InChI is InChI=1S/C24H32O6/c1-16(7-9-18-15-19(23(28)29)10-11-20(18)25)5-4-6-17(2)8-12-21(26)24(3)14-13-22(27)30-24/h6-7,10-11,15,21,25-26H,4-5,8-9,12-14H2,1-3H3,(H,28,29). The third-order valence-electron chi connectivity index (χ3n) is 5.72. The summed E-state index contributed by atoms with van der Waals surface area (Å²) in [6, 6.07) is 4.30. The van der Waals surface area contributed by atoms with Crippen molar-refractivity contribution < 1.29 is 29.6 Å². The summed E-state index contributed by atoms with van der Waals surface area (Å²) >= 11 is 0. The molecule has 0 amide bonds. The Morgan fingerprint density at radius 3 is 2.57 bits per heavy atom. The fourth-order valence-electron chi connectivity index (χ4n) is 3.53. The average molecular weight is 417 g/mol. The summed E-state index contributed by atoms with van der Waals surface area (Å²) in [5.74, 6) is -1.16. The van der Waals surface area contributed by atoms with Crippen LogP contribution < -0.4 is 0 Å². The number of phenols is 1. The molecule has 1 aliphatic heterocycles. The lowest BCUT2D eigenvalue weighted by Gasteiger charge is -2.28. The third kappa shape index (κ3) is 6.73. The number of carbonyl (C=O) groups is 2. The molecule has 164 valence electrons. The fourth-order valence-corrected chi connectivity index (χ4v) is 3.53. The number of ether oxygens (including phenoxy) is 1. The lowest BCUT2D eigenvalue weighted by atomic mass is 9.91. The van der Waals surface area contributed by atoms with Gasteiger partial charge in [0.15, 0.2) is 0 Å². The number of aromatic carboxylic acids is 1. The molecule has 2 atom stereocenters. The number of phenolic OH excluding ortho intramolecular Hbond substituents is 1. The van der Waals surface area contributed by atoms with Crippen molar-refractivity contribution in [1.29, 1.82) is 0 Å². The molecule has 6 nitrogen and oxygen atoms in total. The molecule has 0 saturated carbocycles. The van der Waals surface area contributed by atoms with E-state index in [1.165, 1.54) is 23.8 Å². The van der Waals surface area contributed by atoms with Crippen LogP contribution in [-0.2, 0) is 16.0 Å². The van der Waals surface area contributed by atoms with Gasteiger partial charge < -0.3 is 20.1 Å². The van der Waals surface area contributed by atoms with E-state index in [9.17, 15) is 19.8 Å². The number of carboxylic acids is 1. The summed E-state index contributed by atoms with van der Waals surface area (Å²) in [5, 5.41) is 29.4. The van der Waals surface area contributed by atoms with Crippen molar-refractivity contribution in [3.8, 4) is 5.75 Å². The van der Waals surface area contributed by atoms with Gasteiger partial charge in [0.1, 0.15) is 11.4 Å². The van der Waals surface area contributed by atoms with Crippen molar-refractivity contribution >= 4 is 11.9 Å². The van der Waals surface area contributed by atoms with E-state index in [1.807, 2.05) is 19.9 Å². The quantitative estimate of drug-likeness (QED) is 0.382. The van der Waals surface area contributed by atoms with E-state index in [4.69, 9.17) is 9.84 Å². The molecule has 1 heterocycles. The number of benzene rings is 1. The Morgan fingerprint density at radius 1 is 1.23 bits per heavy atom. The number of hydrogen-bond acceptors (Lipinski definition) is 5. The van der Waals surface area contributed by atoms with Crippen molar-refractivity contribution in [3.63, 3.8) is 0 Å². The van der Waals surface area contributed by atoms with Crippen LogP contribution in [-0.4, -0.2) is 39.0 Å². The number of allylic oxidation sites excluding steroid dienone is 4. The Labute approximate surface area is 177 Å². The van der Waals surface area contributed by atoms with Gasteiger partial charge in [-0.3, -0.25) is 4.79 Å². The summed E-state index contributed by atoms with van der Waals surface area (Å²) in [7, 11) is 0. The highest BCUT2D eigenvalue weighted by molar-refractivity contribution is 5.88. The van der Waals surface area contributed by atoms with Gasteiger partial charge in [-0.15, -0.1) is 0 Å². The molecule has 1 aromatic rings. The van der Waals surface area contributed by atoms with Crippen LogP contribution in [0.4, 0.5) is 0 Å². The summed E-state index contributed by atoms with van der Waals surface area (Å²) in [6.07, 6.45) is 7.91. The zero-order valence-electron chi connectivity index (χ0n) is 18.0. The maximum atomic E-state index is 11.3. The number of aliphatic hydroxyl groups is 1. The minimum absolute atomic E-state index is 0.0972. The molecule has 1 fully saturated rings. The van der Waals surface area contributed by atoms with Crippen LogP contribution in [0, 0.1) is 0 Å². The average Bonchev–Trinajstić information content (AvgIpc) is 3.05. The molecule has 0 spiro atoms. The number of esters is 1. The smallest absolute Gasteiger partial charge is 0.335 e. The highest BCUT2D eigenvalue weighted by Gasteiger charge is 2.41. The number of carboxylic acid groups (broad SMARTS) is 1. The van der Waals surface area contributed by atoms with Crippen LogP contribution in [0.2, 0.25) is 0 Å². The first-order chi connectivity index (χ1) is 14.1. The van der Waals surface area contributed by atoms with E-state index in [1.54, 1.807) is 6.92 Å². The number of carbonyl (C=O) groups excluding carboxylic acids is 1. The predicted octanol–water partition coefficient (Wildman–Crippen LogP) is 4.54. The Hall–Kier alpha value is -2.60. The van der Waals surface area contributed by atoms with Gasteiger partial charge in [-0.1, -0.05) is 23.3 Å². The zero-order chi connectivity index (χ0) is 22.3. The van der Waals surface area contributed by atoms with Crippen LogP contribution in [0.1, 0.15) is 75.2 Å². The normalized spacial score (nSPS) is 20.9. The Morgan fingerprint density at radius 2 is 1.93 bits per heavy atom. The molecule has 0 bridgehead atoms. The number of aromatic hydroxyl groups is 1. The van der Waals surface area contributed by atoms with E-state index < -0.39 is 17.7 Å². The van der Waals surface area contributed by atoms with Crippen molar-refractivity contribution in [1.82, 2.24) is 0 Å². The minimum atomic E-state index is -1.01. The molecule has 3 N–H and O–H groups in total. The van der Waals surface area contributed by atoms with Gasteiger partial charge in [-0.2, -0.15) is 0 Å². The van der Waals surface area contributed by atoms with E-state index in [2.05, 4.69) is 6.08 Å². The largest absolute Gasteiger partial charge is 0.508 e. The molecule has 1 saturated heterocycles. The van der Waals surface area contributed by atoms with Crippen LogP contribution in [0.5, 0.6) is 5.75 Å².